The van der Waals surface area contributed by atoms with Gasteiger partial charge in [-0.2, -0.15) is 0 Å². The largest absolute Gasteiger partial charge is 0.423 e. The Labute approximate surface area is 294 Å². The fourth-order valence-electron chi connectivity index (χ4n) is 4.03. The van der Waals surface area contributed by atoms with Gasteiger partial charge in [0, 0.05) is 51.6 Å². The summed E-state index contributed by atoms with van der Waals surface area (Å²) in [7, 11) is 0. The third kappa shape index (κ3) is 10.2. The summed E-state index contributed by atoms with van der Waals surface area (Å²) in [5, 5.41) is 0. The number of carbonyl (C=O) groups is 5. The predicted molar refractivity (Wildman–Crippen MR) is 189 cm³/mol. The number of rotatable bonds is 10. The fourth-order valence-corrected chi connectivity index (χ4v) is 4.03. The van der Waals surface area contributed by atoms with Crippen molar-refractivity contribution in [1.29, 1.82) is 0 Å². The zero-order valence-corrected chi connectivity index (χ0v) is 27.3. The van der Waals surface area contributed by atoms with E-state index in [0.29, 0.717) is 33.6 Å². The van der Waals surface area contributed by atoms with Crippen LogP contribution in [0.15, 0.2) is 135 Å². The molecular weight excluding hydrogens is 648 g/mol. The molecule has 0 N–H and O–H groups in total. The van der Waals surface area contributed by atoms with E-state index in [-0.39, 0.29) is 34.2 Å². The Kier molecular flexibility index (Phi) is 12.2. The number of esters is 4. The molecule has 0 heterocycles. The number of ketones is 1. The summed E-state index contributed by atoms with van der Waals surface area (Å²) in [5.41, 5.74) is 2.46. The van der Waals surface area contributed by atoms with E-state index in [1.54, 1.807) is 60.7 Å². The minimum absolute atomic E-state index is 0.0516. The molecule has 0 aliphatic rings. The van der Waals surface area contributed by atoms with Gasteiger partial charge in [0.2, 0.25) is 0 Å². The van der Waals surface area contributed by atoms with Crippen molar-refractivity contribution in [3.8, 4) is 46.7 Å². The molecule has 0 radical (unpaired) electrons. The Balaban J connectivity index is 1.64. The lowest BCUT2D eigenvalue weighted by Crippen LogP contribution is -2.09. The van der Waals surface area contributed by atoms with Gasteiger partial charge in [-0.15, -0.1) is 0 Å². The Morgan fingerprint density at radius 3 is 1.41 bits per heavy atom. The molecule has 0 aromatic heterocycles. The Hall–Kier alpha value is -7.49. The maximum absolute atomic E-state index is 13.0. The van der Waals surface area contributed by atoms with E-state index in [9.17, 15) is 24.0 Å². The van der Waals surface area contributed by atoms with Crippen LogP contribution in [0.4, 0.5) is 0 Å². The van der Waals surface area contributed by atoms with Crippen molar-refractivity contribution in [2.45, 2.75) is 6.92 Å². The summed E-state index contributed by atoms with van der Waals surface area (Å²) in [6, 6.07) is 21.9. The topological polar surface area (TPSA) is 122 Å². The molecule has 0 spiro atoms. The third-order valence-corrected chi connectivity index (χ3v) is 6.57. The average molecular weight is 677 g/mol. The second-order valence-corrected chi connectivity index (χ2v) is 10.3. The van der Waals surface area contributed by atoms with Gasteiger partial charge in [0.25, 0.3) is 0 Å². The van der Waals surface area contributed by atoms with Crippen LogP contribution in [0.1, 0.15) is 45.1 Å². The van der Waals surface area contributed by atoms with Crippen LogP contribution in [0.3, 0.4) is 0 Å². The van der Waals surface area contributed by atoms with Crippen LogP contribution in [0, 0.1) is 23.7 Å². The molecular formula is C42H28O9. The number of carbonyl (C=O) groups excluding carboxylic acids is 5. The monoisotopic (exact) mass is 676 g/mol. The van der Waals surface area contributed by atoms with Gasteiger partial charge < -0.3 is 18.9 Å². The van der Waals surface area contributed by atoms with Crippen LogP contribution in [-0.4, -0.2) is 29.7 Å². The van der Waals surface area contributed by atoms with Crippen LogP contribution >= 0.6 is 0 Å². The van der Waals surface area contributed by atoms with Gasteiger partial charge in [-0.05, 0) is 91.9 Å². The van der Waals surface area contributed by atoms with Crippen LogP contribution in [0.2, 0.25) is 0 Å². The molecule has 0 amide bonds. The average Bonchev–Trinajstić information content (AvgIpc) is 3.14. The van der Waals surface area contributed by atoms with Gasteiger partial charge in [-0.3, -0.25) is 4.79 Å². The van der Waals surface area contributed by atoms with Crippen molar-refractivity contribution in [2.75, 3.05) is 0 Å². The van der Waals surface area contributed by atoms with E-state index in [4.69, 9.17) is 18.9 Å². The van der Waals surface area contributed by atoms with Gasteiger partial charge in [-0.1, -0.05) is 50.0 Å². The minimum Gasteiger partial charge on any atom is -0.423 e. The third-order valence-electron chi connectivity index (χ3n) is 6.57. The SMILES string of the molecule is C=CC(=O)Oc1ccc(C(=O)c2ccc(C#Cc3cc(OC(=O)C=C)c(C#Cc4ccc(OC(=O)C(=C)C)cc4)c(OC(=O)C=C)c3)cc2)cc1. The molecule has 0 fully saturated rings. The first-order valence-corrected chi connectivity index (χ1v) is 15.0. The molecule has 9 nitrogen and oxygen atoms in total. The standard InChI is InChI=1S/C42H28O9/c1-6-38(43)48-33-22-18-32(19-23-33)41(46)31-16-11-28(12-17-31)9-10-30-25-36(50-39(44)7-2)35(37(26-30)51-40(45)8-3)24-15-29-13-20-34(21-14-29)49-42(47)27(4)5/h6-8,11-14,16-23,25-26H,1-4H2,5H3. The molecule has 250 valence electrons. The molecule has 0 aliphatic carbocycles. The van der Waals surface area contributed by atoms with Crippen LogP contribution < -0.4 is 18.9 Å². The molecule has 9 heteroatoms. The molecule has 4 rings (SSSR count). The maximum atomic E-state index is 13.0. The van der Waals surface area contributed by atoms with Gasteiger partial charge in [-0.25, -0.2) is 19.2 Å². The van der Waals surface area contributed by atoms with Crippen molar-refractivity contribution in [3.05, 3.63) is 168 Å². The molecule has 4 aromatic rings. The first-order valence-electron chi connectivity index (χ1n) is 15.0. The van der Waals surface area contributed by atoms with Crippen molar-refractivity contribution < 1.29 is 42.9 Å². The molecule has 0 saturated carbocycles. The summed E-state index contributed by atoms with van der Waals surface area (Å²) in [6.45, 7) is 15.3. The van der Waals surface area contributed by atoms with E-state index in [2.05, 4.69) is 50.0 Å². The second kappa shape index (κ2) is 17.1. The van der Waals surface area contributed by atoms with E-state index in [1.807, 2.05) is 0 Å². The van der Waals surface area contributed by atoms with E-state index < -0.39 is 23.9 Å². The summed E-state index contributed by atoms with van der Waals surface area (Å²) in [4.78, 5) is 60.7. The smallest absolute Gasteiger partial charge is 0.338 e. The van der Waals surface area contributed by atoms with Crippen molar-refractivity contribution >= 4 is 29.7 Å². The number of hydrogen-bond donors (Lipinski definition) is 0. The van der Waals surface area contributed by atoms with E-state index >= 15 is 0 Å². The van der Waals surface area contributed by atoms with Crippen molar-refractivity contribution in [3.63, 3.8) is 0 Å². The Morgan fingerprint density at radius 2 is 0.922 bits per heavy atom. The molecule has 0 bridgehead atoms. The summed E-state index contributed by atoms with van der Waals surface area (Å²) in [5.74, 6) is 9.17. The highest BCUT2D eigenvalue weighted by Crippen LogP contribution is 2.31. The molecule has 0 unspecified atom stereocenters. The summed E-state index contributed by atoms with van der Waals surface area (Å²) < 4.78 is 21.2. The predicted octanol–water partition coefficient (Wildman–Crippen LogP) is 6.47. The van der Waals surface area contributed by atoms with Crippen LogP contribution in [0.25, 0.3) is 0 Å². The molecule has 0 aliphatic heterocycles. The molecule has 0 saturated heterocycles. The van der Waals surface area contributed by atoms with Crippen molar-refractivity contribution in [2.24, 2.45) is 0 Å². The highest BCUT2D eigenvalue weighted by atomic mass is 16.6. The zero-order valence-electron chi connectivity index (χ0n) is 27.3. The second-order valence-electron chi connectivity index (χ2n) is 10.3. The lowest BCUT2D eigenvalue weighted by molar-refractivity contribution is -0.130. The Bertz CT molecular complexity index is 2160. The summed E-state index contributed by atoms with van der Waals surface area (Å²) in [6.07, 6.45) is 2.97. The number of hydrogen-bond acceptors (Lipinski definition) is 9. The minimum atomic E-state index is -0.791. The molecule has 51 heavy (non-hydrogen) atoms. The van der Waals surface area contributed by atoms with E-state index in [0.717, 1.165) is 18.2 Å². The van der Waals surface area contributed by atoms with E-state index in [1.165, 1.54) is 31.2 Å². The van der Waals surface area contributed by atoms with Gasteiger partial charge >= 0.3 is 23.9 Å². The normalized spacial score (nSPS) is 9.67. The number of benzene rings is 4. The highest BCUT2D eigenvalue weighted by Gasteiger charge is 2.16. The van der Waals surface area contributed by atoms with Crippen LogP contribution in [-0.2, 0) is 19.2 Å². The first kappa shape index (κ1) is 36.3. The zero-order chi connectivity index (χ0) is 36.9. The summed E-state index contributed by atoms with van der Waals surface area (Å²) >= 11 is 0. The van der Waals surface area contributed by atoms with Crippen LogP contribution in [0.5, 0.6) is 23.0 Å². The lowest BCUT2D eigenvalue weighted by atomic mass is 10.0. The lowest BCUT2D eigenvalue weighted by Gasteiger charge is -2.11. The Morgan fingerprint density at radius 1 is 0.529 bits per heavy atom. The quantitative estimate of drug-likeness (QED) is 0.0611. The highest BCUT2D eigenvalue weighted by molar-refractivity contribution is 6.09. The van der Waals surface area contributed by atoms with Gasteiger partial charge in [0.1, 0.15) is 17.1 Å². The maximum Gasteiger partial charge on any atom is 0.338 e. The first-order chi connectivity index (χ1) is 24.5. The molecule has 4 aromatic carbocycles. The fraction of sp³-hybridized carbons (Fsp3) is 0.0238. The number of ether oxygens (including phenoxy) is 4. The van der Waals surface area contributed by atoms with Gasteiger partial charge in [0.15, 0.2) is 17.3 Å². The van der Waals surface area contributed by atoms with Gasteiger partial charge in [0.05, 0.1) is 0 Å². The van der Waals surface area contributed by atoms with Crippen molar-refractivity contribution in [1.82, 2.24) is 0 Å². The molecule has 0 atom stereocenters.